The fourth-order valence-corrected chi connectivity index (χ4v) is 2.83. The van der Waals surface area contributed by atoms with Crippen molar-refractivity contribution in [2.24, 2.45) is 0 Å². The molecule has 0 aromatic carbocycles. The van der Waals surface area contributed by atoms with Gasteiger partial charge in [0.2, 0.25) is 0 Å². The van der Waals surface area contributed by atoms with Crippen LogP contribution in [0.25, 0.3) is 0 Å². The van der Waals surface area contributed by atoms with Crippen LogP contribution in [-0.4, -0.2) is 23.5 Å². The van der Waals surface area contributed by atoms with Crippen molar-refractivity contribution in [1.29, 1.82) is 5.26 Å². The van der Waals surface area contributed by atoms with Crippen molar-refractivity contribution < 1.29 is 0 Å². The van der Waals surface area contributed by atoms with Gasteiger partial charge in [-0.05, 0) is 25.8 Å². The Kier molecular flexibility index (Phi) is 5.71. The summed E-state index contributed by atoms with van der Waals surface area (Å²) in [5, 5.41) is 8.83. The quantitative estimate of drug-likeness (QED) is 0.693. The molecule has 1 rings (SSSR count). The minimum atomic E-state index is 0.489. The maximum Gasteiger partial charge on any atom is 0.0638 e. The Morgan fingerprint density at radius 1 is 1.27 bits per heavy atom. The minimum absolute atomic E-state index is 0.489. The first-order valence-electron chi connectivity index (χ1n) is 6.46. The summed E-state index contributed by atoms with van der Waals surface area (Å²) in [6.07, 6.45) is 8.65. The number of hydrogen-bond acceptors (Lipinski definition) is 2. The van der Waals surface area contributed by atoms with E-state index in [0.29, 0.717) is 12.5 Å². The van der Waals surface area contributed by atoms with Crippen LogP contribution in [0.4, 0.5) is 0 Å². The molecule has 1 aliphatic rings. The smallest absolute Gasteiger partial charge is 0.0638 e. The summed E-state index contributed by atoms with van der Waals surface area (Å²) in [6, 6.07) is 3.57. The van der Waals surface area contributed by atoms with Gasteiger partial charge >= 0.3 is 0 Å². The first kappa shape index (κ1) is 12.5. The zero-order valence-corrected chi connectivity index (χ0v) is 10.2. The standard InChI is InChI=1S/C13H24N2/c1-3-12(10-11-14)15(4-2)13-8-6-5-7-9-13/h12-13H,3-10H2,1-2H3. The average molecular weight is 208 g/mol. The van der Waals surface area contributed by atoms with E-state index >= 15 is 0 Å². The zero-order valence-electron chi connectivity index (χ0n) is 10.2. The van der Waals surface area contributed by atoms with Crippen molar-refractivity contribution in [3.8, 4) is 6.07 Å². The predicted molar refractivity (Wildman–Crippen MR) is 63.6 cm³/mol. The molecular weight excluding hydrogens is 184 g/mol. The third-order valence-electron chi connectivity index (χ3n) is 3.68. The van der Waals surface area contributed by atoms with Crippen LogP contribution in [0.2, 0.25) is 0 Å². The molecule has 0 aromatic heterocycles. The summed E-state index contributed by atoms with van der Waals surface area (Å²) in [5.41, 5.74) is 0. The first-order chi connectivity index (χ1) is 7.33. The Morgan fingerprint density at radius 3 is 2.40 bits per heavy atom. The molecule has 86 valence electrons. The fourth-order valence-electron chi connectivity index (χ4n) is 2.83. The second-order valence-electron chi connectivity index (χ2n) is 4.55. The van der Waals surface area contributed by atoms with E-state index in [1.54, 1.807) is 0 Å². The van der Waals surface area contributed by atoms with Gasteiger partial charge in [-0.25, -0.2) is 0 Å². The molecule has 1 unspecified atom stereocenters. The van der Waals surface area contributed by atoms with Gasteiger partial charge in [0, 0.05) is 12.1 Å². The van der Waals surface area contributed by atoms with Crippen LogP contribution in [0.5, 0.6) is 0 Å². The van der Waals surface area contributed by atoms with Gasteiger partial charge in [0.05, 0.1) is 12.5 Å². The van der Waals surface area contributed by atoms with Gasteiger partial charge in [-0.15, -0.1) is 0 Å². The maximum absolute atomic E-state index is 8.83. The molecule has 15 heavy (non-hydrogen) atoms. The molecule has 0 aromatic rings. The minimum Gasteiger partial charge on any atom is -0.297 e. The number of rotatable bonds is 5. The number of hydrogen-bond donors (Lipinski definition) is 0. The third kappa shape index (κ3) is 3.50. The van der Waals surface area contributed by atoms with Crippen molar-refractivity contribution in [2.75, 3.05) is 6.54 Å². The van der Waals surface area contributed by atoms with E-state index < -0.39 is 0 Å². The molecule has 1 fully saturated rings. The molecule has 1 saturated carbocycles. The van der Waals surface area contributed by atoms with E-state index in [2.05, 4.69) is 24.8 Å². The van der Waals surface area contributed by atoms with Crippen LogP contribution in [0.3, 0.4) is 0 Å². The van der Waals surface area contributed by atoms with Gasteiger partial charge in [0.15, 0.2) is 0 Å². The monoisotopic (exact) mass is 208 g/mol. The molecule has 2 heteroatoms. The Labute approximate surface area is 94.3 Å². The first-order valence-corrected chi connectivity index (χ1v) is 6.46. The molecule has 0 aliphatic heterocycles. The SMILES string of the molecule is CCC(CC#N)N(CC)C1CCCCC1. The molecule has 0 saturated heterocycles. The molecule has 0 amide bonds. The lowest BCUT2D eigenvalue weighted by atomic mass is 9.92. The molecule has 1 aliphatic carbocycles. The largest absolute Gasteiger partial charge is 0.297 e. The van der Waals surface area contributed by atoms with E-state index in [9.17, 15) is 0 Å². The lowest BCUT2D eigenvalue weighted by Crippen LogP contribution is -2.43. The third-order valence-corrected chi connectivity index (χ3v) is 3.68. The number of nitriles is 1. The Balaban J connectivity index is 2.54. The highest BCUT2D eigenvalue weighted by atomic mass is 15.2. The number of nitrogens with zero attached hydrogens (tertiary/aromatic N) is 2. The van der Waals surface area contributed by atoms with Crippen LogP contribution >= 0.6 is 0 Å². The summed E-state index contributed by atoms with van der Waals surface area (Å²) >= 11 is 0. The van der Waals surface area contributed by atoms with E-state index in [1.165, 1.54) is 32.1 Å². The Morgan fingerprint density at radius 2 is 1.93 bits per heavy atom. The van der Waals surface area contributed by atoms with Gasteiger partial charge in [-0.3, -0.25) is 4.90 Å². The summed E-state index contributed by atoms with van der Waals surface area (Å²) in [5.74, 6) is 0. The van der Waals surface area contributed by atoms with Gasteiger partial charge in [0.1, 0.15) is 0 Å². The van der Waals surface area contributed by atoms with E-state index in [0.717, 1.165) is 19.0 Å². The Bertz CT molecular complexity index is 201. The lowest BCUT2D eigenvalue weighted by Gasteiger charge is -2.38. The summed E-state index contributed by atoms with van der Waals surface area (Å²) in [4.78, 5) is 2.57. The van der Waals surface area contributed by atoms with Crippen molar-refractivity contribution in [1.82, 2.24) is 4.90 Å². The van der Waals surface area contributed by atoms with Gasteiger partial charge in [0.25, 0.3) is 0 Å². The Hall–Kier alpha value is -0.550. The summed E-state index contributed by atoms with van der Waals surface area (Å²) < 4.78 is 0. The van der Waals surface area contributed by atoms with Crippen LogP contribution in [0, 0.1) is 11.3 Å². The molecule has 0 radical (unpaired) electrons. The van der Waals surface area contributed by atoms with Crippen molar-refractivity contribution in [3.63, 3.8) is 0 Å². The molecule has 0 spiro atoms. The van der Waals surface area contributed by atoms with E-state index in [4.69, 9.17) is 5.26 Å². The highest BCUT2D eigenvalue weighted by Crippen LogP contribution is 2.25. The second-order valence-corrected chi connectivity index (χ2v) is 4.55. The van der Waals surface area contributed by atoms with Crippen LogP contribution in [0.1, 0.15) is 58.8 Å². The van der Waals surface area contributed by atoms with Crippen molar-refractivity contribution >= 4 is 0 Å². The highest BCUT2D eigenvalue weighted by Gasteiger charge is 2.24. The molecule has 0 N–H and O–H groups in total. The molecular formula is C13H24N2. The summed E-state index contributed by atoms with van der Waals surface area (Å²) in [7, 11) is 0. The summed E-state index contributed by atoms with van der Waals surface area (Å²) in [6.45, 7) is 5.53. The molecule has 2 nitrogen and oxygen atoms in total. The zero-order chi connectivity index (χ0) is 11.1. The average Bonchev–Trinajstić information content (AvgIpc) is 2.30. The van der Waals surface area contributed by atoms with Gasteiger partial charge < -0.3 is 0 Å². The predicted octanol–water partition coefficient (Wildman–Crippen LogP) is 3.33. The van der Waals surface area contributed by atoms with Gasteiger partial charge in [-0.1, -0.05) is 33.1 Å². The molecule has 0 heterocycles. The fraction of sp³-hybridized carbons (Fsp3) is 0.923. The van der Waals surface area contributed by atoms with Crippen LogP contribution < -0.4 is 0 Å². The lowest BCUT2D eigenvalue weighted by molar-refractivity contribution is 0.109. The maximum atomic E-state index is 8.83. The van der Waals surface area contributed by atoms with Crippen molar-refractivity contribution in [3.05, 3.63) is 0 Å². The van der Waals surface area contributed by atoms with Crippen LogP contribution in [-0.2, 0) is 0 Å². The van der Waals surface area contributed by atoms with E-state index in [-0.39, 0.29) is 0 Å². The normalized spacial score (nSPS) is 20.1. The van der Waals surface area contributed by atoms with Gasteiger partial charge in [-0.2, -0.15) is 5.26 Å². The second kappa shape index (κ2) is 6.85. The van der Waals surface area contributed by atoms with Crippen molar-refractivity contribution in [2.45, 2.75) is 70.9 Å². The topological polar surface area (TPSA) is 27.0 Å². The molecule has 0 bridgehead atoms. The highest BCUT2D eigenvalue weighted by molar-refractivity contribution is 4.86. The van der Waals surface area contributed by atoms with Crippen LogP contribution in [0.15, 0.2) is 0 Å². The molecule has 1 atom stereocenters. The van der Waals surface area contributed by atoms with E-state index in [1.807, 2.05) is 0 Å².